The van der Waals surface area contributed by atoms with Crippen LogP contribution in [0.4, 0.5) is 14.5 Å². The first-order valence-electron chi connectivity index (χ1n) is 14.1. The molecule has 3 rings (SSSR count). The lowest BCUT2D eigenvalue weighted by molar-refractivity contribution is 0.0923. The Morgan fingerprint density at radius 1 is 0.917 bits per heavy atom. The number of carbonyl (C=O) groups is 1. The predicted octanol–water partition coefficient (Wildman–Crippen LogP) is 10.2. The van der Waals surface area contributed by atoms with Crippen LogP contribution in [0.5, 0.6) is 0 Å². The molecule has 206 valence electrons. The van der Waals surface area contributed by atoms with Gasteiger partial charge in [0.05, 0.1) is 5.56 Å². The normalized spacial score (nSPS) is 13.2. The average molecular weight is 506 g/mol. The molecule has 0 saturated carbocycles. The third-order valence-electron chi connectivity index (χ3n) is 6.14. The van der Waals surface area contributed by atoms with E-state index >= 15 is 0 Å². The topological polar surface area (TPSA) is 20.3 Å². The Morgan fingerprint density at radius 2 is 1.44 bits per heavy atom. The van der Waals surface area contributed by atoms with Crippen molar-refractivity contribution in [3.8, 4) is 0 Å². The molecule has 0 saturated heterocycles. The molecule has 0 fully saturated rings. The van der Waals surface area contributed by atoms with Crippen molar-refractivity contribution in [1.82, 2.24) is 0 Å². The lowest BCUT2D eigenvalue weighted by Gasteiger charge is -2.29. The minimum absolute atomic E-state index is 0.100. The van der Waals surface area contributed by atoms with Crippen molar-refractivity contribution in [3.63, 3.8) is 0 Å². The van der Waals surface area contributed by atoms with Crippen LogP contribution >= 0.6 is 0 Å². The zero-order valence-electron chi connectivity index (χ0n) is 25.0. The fraction of sp³-hybridized carbons (Fsp3) is 0.594. The van der Waals surface area contributed by atoms with Gasteiger partial charge in [0.25, 0.3) is 0 Å². The van der Waals surface area contributed by atoms with Gasteiger partial charge < -0.3 is 4.90 Å². The number of ketones is 1. The molecule has 0 bridgehead atoms. The van der Waals surface area contributed by atoms with E-state index in [2.05, 4.69) is 25.8 Å². The van der Waals surface area contributed by atoms with Gasteiger partial charge in [0, 0.05) is 30.6 Å². The number of carbonyl (C=O) groups excluding carboxylic acids is 1. The number of Topliss-reactive ketones (excluding diaryl/α,β-unsaturated/α-hetero) is 1. The summed E-state index contributed by atoms with van der Waals surface area (Å²) in [6.07, 6.45) is 5.51. The molecule has 0 radical (unpaired) electrons. The molecule has 1 aliphatic rings. The van der Waals surface area contributed by atoms with Gasteiger partial charge in [0.2, 0.25) is 0 Å². The monoisotopic (exact) mass is 505 g/mol. The molecule has 0 N–H and O–H groups in total. The van der Waals surface area contributed by atoms with Crippen molar-refractivity contribution in [2.75, 3.05) is 18.5 Å². The van der Waals surface area contributed by atoms with Crippen LogP contribution in [0.2, 0.25) is 0 Å². The third kappa shape index (κ3) is 10.0. The summed E-state index contributed by atoms with van der Waals surface area (Å²) in [5, 5.41) is 0. The van der Waals surface area contributed by atoms with Crippen LogP contribution in [-0.4, -0.2) is 19.4 Å². The average Bonchev–Trinajstić information content (AvgIpc) is 3.18. The number of hydrogen-bond acceptors (Lipinski definition) is 2. The summed E-state index contributed by atoms with van der Waals surface area (Å²) < 4.78 is 26.4. The molecule has 2 aromatic carbocycles. The summed E-state index contributed by atoms with van der Waals surface area (Å²) in [7, 11) is 2.07. The van der Waals surface area contributed by atoms with Crippen molar-refractivity contribution in [3.05, 3.63) is 65.2 Å². The number of rotatable bonds is 7. The summed E-state index contributed by atoms with van der Waals surface area (Å²) in [5.74, 6) is -0.760. The van der Waals surface area contributed by atoms with Crippen LogP contribution in [0, 0.1) is 17.6 Å². The number of benzene rings is 2. The number of likely N-dealkylation sites (N-methyl/N-ethyl adjacent to an activating group) is 1. The number of halogens is 2. The van der Waals surface area contributed by atoms with E-state index in [0.29, 0.717) is 0 Å². The fourth-order valence-electron chi connectivity index (χ4n) is 4.51. The predicted molar refractivity (Wildman–Crippen MR) is 155 cm³/mol. The van der Waals surface area contributed by atoms with Gasteiger partial charge in [-0.1, -0.05) is 100 Å². The van der Waals surface area contributed by atoms with Gasteiger partial charge >= 0.3 is 0 Å². The minimum Gasteiger partial charge on any atom is -0.373 e. The lowest BCUT2D eigenvalue weighted by atomic mass is 9.75. The van der Waals surface area contributed by atoms with Crippen molar-refractivity contribution >= 4 is 11.5 Å². The second-order valence-corrected chi connectivity index (χ2v) is 8.45. The Labute approximate surface area is 221 Å². The van der Waals surface area contributed by atoms with Gasteiger partial charge in [-0.25, -0.2) is 8.78 Å². The molecule has 0 spiro atoms. The van der Waals surface area contributed by atoms with Gasteiger partial charge in [-0.2, -0.15) is 0 Å². The van der Waals surface area contributed by atoms with E-state index in [1.165, 1.54) is 43.4 Å². The molecule has 1 unspecified atom stereocenters. The minimum atomic E-state index is -0.423. The molecule has 0 aliphatic carbocycles. The quantitative estimate of drug-likeness (QED) is 0.349. The molecule has 0 aromatic heterocycles. The zero-order chi connectivity index (χ0) is 28.3. The van der Waals surface area contributed by atoms with Crippen molar-refractivity contribution in [1.29, 1.82) is 0 Å². The van der Waals surface area contributed by atoms with Crippen LogP contribution < -0.4 is 4.90 Å². The number of nitrogens with zero attached hydrogens (tertiary/aromatic N) is 1. The Balaban J connectivity index is 0. The van der Waals surface area contributed by atoms with Crippen LogP contribution in [-0.2, 0) is 5.41 Å². The first-order chi connectivity index (χ1) is 17.3. The summed E-state index contributed by atoms with van der Waals surface area (Å²) in [6.45, 7) is 21.2. The summed E-state index contributed by atoms with van der Waals surface area (Å²) in [4.78, 5) is 13.8. The second-order valence-electron chi connectivity index (χ2n) is 8.45. The second kappa shape index (κ2) is 19.9. The fourth-order valence-corrected chi connectivity index (χ4v) is 4.51. The Hall–Kier alpha value is -2.23. The van der Waals surface area contributed by atoms with Crippen LogP contribution in [0.1, 0.15) is 117 Å². The van der Waals surface area contributed by atoms with Gasteiger partial charge in [0.1, 0.15) is 11.6 Å². The number of anilines is 1. The summed E-state index contributed by atoms with van der Waals surface area (Å²) in [5.41, 5.74) is 2.90. The van der Waals surface area contributed by atoms with Gasteiger partial charge in [-0.3, -0.25) is 4.79 Å². The molecule has 2 nitrogen and oxygen atoms in total. The van der Waals surface area contributed by atoms with Crippen LogP contribution in [0.3, 0.4) is 0 Å². The molecule has 1 atom stereocenters. The Kier molecular flexibility index (Phi) is 19.9. The van der Waals surface area contributed by atoms with E-state index in [1.807, 2.05) is 61.5 Å². The van der Waals surface area contributed by atoms with Crippen LogP contribution in [0.15, 0.2) is 42.5 Å². The summed E-state index contributed by atoms with van der Waals surface area (Å²) in [6, 6.07) is 11.4. The molecule has 4 heteroatoms. The van der Waals surface area contributed by atoms with Gasteiger partial charge in [-0.05, 0) is 49.1 Å². The molecular weight excluding hydrogens is 452 g/mol. The number of fused-ring (bicyclic) bond motifs is 1. The Bertz CT molecular complexity index is 844. The largest absolute Gasteiger partial charge is 0.373 e. The Morgan fingerprint density at radius 3 is 1.92 bits per heavy atom. The maximum Gasteiger partial charge on any atom is 0.168 e. The highest BCUT2D eigenvalue weighted by atomic mass is 19.1. The van der Waals surface area contributed by atoms with E-state index in [4.69, 9.17) is 0 Å². The zero-order valence-corrected chi connectivity index (χ0v) is 25.0. The molecule has 1 heterocycles. The van der Waals surface area contributed by atoms with Crippen LogP contribution in [0.25, 0.3) is 0 Å². The van der Waals surface area contributed by atoms with Crippen molar-refractivity contribution < 1.29 is 13.6 Å². The van der Waals surface area contributed by atoms with E-state index in [-0.39, 0.29) is 28.5 Å². The number of hydrogen-bond donors (Lipinski definition) is 0. The van der Waals surface area contributed by atoms with E-state index < -0.39 is 5.82 Å². The molecule has 1 aliphatic heterocycles. The van der Waals surface area contributed by atoms with Crippen molar-refractivity contribution in [2.45, 2.75) is 107 Å². The molecule has 36 heavy (non-hydrogen) atoms. The van der Waals surface area contributed by atoms with E-state index in [9.17, 15) is 13.6 Å². The van der Waals surface area contributed by atoms with Gasteiger partial charge in [0.15, 0.2) is 5.78 Å². The standard InChI is InChI=1S/C15H22FN.C11H13FO.3C2H6/c1-4-8-15(9-5-2)11-17(3)14-10-12(16)6-7-13(14)15;1-3-8(2)11(13)9-6-4-5-7-10(9)12;3*1-2/h6-7,10H,4-5,8-9,11H2,1-3H3;4-8H,3H2,1-2H3;3*1-2H3. The molecule has 0 amide bonds. The summed E-state index contributed by atoms with van der Waals surface area (Å²) >= 11 is 0. The van der Waals surface area contributed by atoms with E-state index in [0.717, 1.165) is 18.7 Å². The van der Waals surface area contributed by atoms with Crippen molar-refractivity contribution in [2.24, 2.45) is 5.92 Å². The highest BCUT2D eigenvalue weighted by Gasteiger charge is 2.39. The lowest BCUT2D eigenvalue weighted by Crippen LogP contribution is -2.31. The SMILES string of the molecule is CC.CC.CC.CCC(C)C(=O)c1ccccc1F.CCCC1(CCC)CN(C)c2cc(F)ccc21. The highest BCUT2D eigenvalue weighted by molar-refractivity contribution is 5.97. The van der Waals surface area contributed by atoms with E-state index in [1.54, 1.807) is 24.3 Å². The van der Waals surface area contributed by atoms with Gasteiger partial charge in [-0.15, -0.1) is 0 Å². The highest BCUT2D eigenvalue weighted by Crippen LogP contribution is 2.46. The molecule has 2 aromatic rings. The maximum atomic E-state index is 13.3. The maximum absolute atomic E-state index is 13.3. The first kappa shape index (κ1) is 35.9. The smallest absolute Gasteiger partial charge is 0.168 e. The molecular formula is C32H53F2NO. The first-order valence-corrected chi connectivity index (χ1v) is 14.1. The third-order valence-corrected chi connectivity index (χ3v) is 6.14.